The minimum absolute atomic E-state index is 0.0249. The number of hydrogen-bond acceptors (Lipinski definition) is 6. The fourth-order valence-electron chi connectivity index (χ4n) is 7.03. The highest BCUT2D eigenvalue weighted by molar-refractivity contribution is 6.18. The summed E-state index contributed by atoms with van der Waals surface area (Å²) in [5, 5.41) is 5.64. The number of nitrogens with zero attached hydrogens (tertiary/aromatic N) is 2. The highest BCUT2D eigenvalue weighted by Gasteiger charge is 2.57. The molecule has 32 heavy (non-hydrogen) atoms. The Morgan fingerprint density at radius 1 is 1.22 bits per heavy atom. The van der Waals surface area contributed by atoms with Gasteiger partial charge in [0.05, 0.1) is 11.8 Å². The number of carbonyl (C=O) groups is 3. The van der Waals surface area contributed by atoms with Crippen LogP contribution in [0.25, 0.3) is 0 Å². The molecule has 4 aliphatic rings. The van der Waals surface area contributed by atoms with Gasteiger partial charge in [0.1, 0.15) is 12.6 Å². The monoisotopic (exact) mass is 465 g/mol. The Morgan fingerprint density at radius 3 is 2.78 bits per heavy atom. The van der Waals surface area contributed by atoms with Gasteiger partial charge >= 0.3 is 12.0 Å². The number of allylic oxidation sites excluding steroid dienone is 1. The molecule has 3 fully saturated rings. The third kappa shape index (κ3) is 4.30. The molecule has 0 heterocycles. The number of ether oxygens (including phenoxy) is 1. The lowest BCUT2D eigenvalue weighted by Crippen LogP contribution is -2.49. The molecule has 0 aromatic rings. The third-order valence-electron chi connectivity index (χ3n) is 8.50. The Bertz CT molecular complexity index is 817. The maximum Gasteiger partial charge on any atom is 0.340 e. The molecule has 2 amide bonds. The normalized spacial score (nSPS) is 35.6. The van der Waals surface area contributed by atoms with E-state index < -0.39 is 12.0 Å². The SMILES string of the molecule is C[C@]12CC[C@H]3[C@@H](CCC4=CC(=O)CC[C@@H]43)[C@@H]1CC[C@@H]2OC(=O)CNC(=O)N(CCCl)N=O. The van der Waals surface area contributed by atoms with Crippen molar-refractivity contribution in [2.24, 2.45) is 34.4 Å². The van der Waals surface area contributed by atoms with Crippen LogP contribution in [-0.2, 0) is 14.3 Å². The fraction of sp³-hybridized carbons (Fsp3) is 0.783. The lowest BCUT2D eigenvalue weighted by Gasteiger charge is -2.53. The molecule has 1 N–H and O–H groups in total. The van der Waals surface area contributed by atoms with E-state index in [1.165, 1.54) is 5.57 Å². The van der Waals surface area contributed by atoms with E-state index in [0.29, 0.717) is 35.1 Å². The van der Waals surface area contributed by atoms with E-state index in [9.17, 15) is 19.3 Å². The van der Waals surface area contributed by atoms with E-state index in [1.807, 2.05) is 6.08 Å². The fourth-order valence-corrected chi connectivity index (χ4v) is 7.19. The van der Waals surface area contributed by atoms with Crippen LogP contribution in [0.15, 0.2) is 16.9 Å². The topological polar surface area (TPSA) is 105 Å². The van der Waals surface area contributed by atoms with Crippen LogP contribution in [0.5, 0.6) is 0 Å². The summed E-state index contributed by atoms with van der Waals surface area (Å²) >= 11 is 5.54. The lowest BCUT2D eigenvalue weighted by atomic mass is 9.52. The summed E-state index contributed by atoms with van der Waals surface area (Å²) in [6.07, 6.45) is 9.56. The van der Waals surface area contributed by atoms with Crippen molar-refractivity contribution < 1.29 is 19.1 Å². The predicted octanol–water partition coefficient (Wildman–Crippen LogP) is 3.97. The van der Waals surface area contributed by atoms with Gasteiger partial charge in [-0.3, -0.25) is 9.59 Å². The van der Waals surface area contributed by atoms with Crippen LogP contribution in [0.3, 0.4) is 0 Å². The number of rotatable bonds is 6. The Balaban J connectivity index is 1.35. The van der Waals surface area contributed by atoms with Gasteiger partial charge in [0.15, 0.2) is 5.78 Å². The molecular formula is C23H32ClN3O5. The zero-order valence-corrected chi connectivity index (χ0v) is 19.3. The molecule has 0 bridgehead atoms. The number of fused-ring (bicyclic) bond motifs is 5. The van der Waals surface area contributed by atoms with Gasteiger partial charge in [0.2, 0.25) is 0 Å². The molecule has 9 heteroatoms. The van der Waals surface area contributed by atoms with E-state index in [4.69, 9.17) is 16.3 Å². The number of amides is 2. The van der Waals surface area contributed by atoms with E-state index in [-0.39, 0.29) is 36.3 Å². The molecule has 8 nitrogen and oxygen atoms in total. The molecule has 0 aliphatic heterocycles. The van der Waals surface area contributed by atoms with Gasteiger partial charge in [-0.15, -0.1) is 16.5 Å². The van der Waals surface area contributed by atoms with Crippen LogP contribution in [0.1, 0.15) is 58.3 Å². The molecule has 0 unspecified atom stereocenters. The number of alkyl halides is 1. The van der Waals surface area contributed by atoms with Gasteiger partial charge in [-0.1, -0.05) is 12.5 Å². The lowest BCUT2D eigenvalue weighted by molar-refractivity contribution is -0.157. The van der Waals surface area contributed by atoms with Gasteiger partial charge in [0, 0.05) is 17.7 Å². The van der Waals surface area contributed by atoms with Gasteiger partial charge in [-0.2, -0.15) is 5.01 Å². The van der Waals surface area contributed by atoms with Gasteiger partial charge < -0.3 is 10.1 Å². The Labute approximate surface area is 193 Å². The molecular weight excluding hydrogens is 434 g/mol. The van der Waals surface area contributed by atoms with E-state index >= 15 is 0 Å². The minimum atomic E-state index is -0.759. The van der Waals surface area contributed by atoms with Crippen LogP contribution in [-0.4, -0.2) is 47.9 Å². The second kappa shape index (κ2) is 9.49. The van der Waals surface area contributed by atoms with Crippen LogP contribution >= 0.6 is 11.6 Å². The van der Waals surface area contributed by atoms with Crippen molar-refractivity contribution in [3.8, 4) is 0 Å². The molecule has 0 spiro atoms. The summed E-state index contributed by atoms with van der Waals surface area (Å²) in [6.45, 7) is 1.93. The number of esters is 1. The summed E-state index contributed by atoms with van der Waals surface area (Å²) in [7, 11) is 0. The second-order valence-corrected chi connectivity index (χ2v) is 10.3. The second-order valence-electron chi connectivity index (χ2n) is 9.96. The summed E-state index contributed by atoms with van der Waals surface area (Å²) in [5.74, 6) is 2.19. The average Bonchev–Trinajstić information content (AvgIpc) is 3.11. The van der Waals surface area contributed by atoms with Gasteiger partial charge in [-0.05, 0) is 74.7 Å². The molecule has 0 saturated heterocycles. The van der Waals surface area contributed by atoms with E-state index in [1.54, 1.807) is 0 Å². The number of hydrogen-bond donors (Lipinski definition) is 1. The van der Waals surface area contributed by atoms with Crippen LogP contribution in [0, 0.1) is 34.0 Å². The predicted molar refractivity (Wildman–Crippen MR) is 119 cm³/mol. The average molecular weight is 466 g/mol. The highest BCUT2D eigenvalue weighted by Crippen LogP contribution is 2.62. The van der Waals surface area contributed by atoms with Crippen molar-refractivity contribution in [2.75, 3.05) is 19.0 Å². The summed E-state index contributed by atoms with van der Waals surface area (Å²) in [5.41, 5.74) is 1.32. The Kier molecular flexibility index (Phi) is 6.89. The largest absolute Gasteiger partial charge is 0.460 e. The molecule has 4 rings (SSSR count). The number of urea groups is 1. The molecule has 3 saturated carbocycles. The quantitative estimate of drug-likeness (QED) is 0.276. The van der Waals surface area contributed by atoms with Crippen LogP contribution in [0.4, 0.5) is 4.79 Å². The number of carbonyl (C=O) groups excluding carboxylic acids is 3. The summed E-state index contributed by atoms with van der Waals surface area (Å²) in [6, 6.07) is -0.759. The molecule has 176 valence electrons. The number of halogens is 1. The summed E-state index contributed by atoms with van der Waals surface area (Å²) < 4.78 is 5.84. The van der Waals surface area contributed by atoms with Crippen molar-refractivity contribution >= 4 is 29.4 Å². The number of nitrogens with one attached hydrogen (secondary N) is 1. The van der Waals surface area contributed by atoms with Gasteiger partial charge in [-0.25, -0.2) is 4.79 Å². The Morgan fingerprint density at radius 2 is 2.03 bits per heavy atom. The van der Waals surface area contributed by atoms with Gasteiger partial charge in [0.25, 0.3) is 0 Å². The zero-order valence-electron chi connectivity index (χ0n) is 18.6. The van der Waals surface area contributed by atoms with Crippen molar-refractivity contribution in [3.05, 3.63) is 16.6 Å². The standard InChI is InChI=1S/C23H32ClN3O5/c1-23-9-8-17-16-5-3-15(28)12-14(16)2-4-18(17)19(23)6-7-20(23)32-21(29)13-25-22(30)27(26-31)11-10-24/h12,16-20H,2-11,13H2,1H3,(H,25,30)/t16-,17+,18+,19-,20-,23-/m0/s1. The van der Waals surface area contributed by atoms with Crippen LogP contribution in [0.2, 0.25) is 0 Å². The first kappa shape index (κ1) is 23.2. The molecule has 0 aromatic heterocycles. The zero-order chi connectivity index (χ0) is 22.9. The third-order valence-corrected chi connectivity index (χ3v) is 8.67. The highest BCUT2D eigenvalue weighted by atomic mass is 35.5. The first-order valence-corrected chi connectivity index (χ1v) is 12.3. The minimum Gasteiger partial charge on any atom is -0.460 e. The number of nitroso groups, excluding NO2 is 1. The van der Waals surface area contributed by atoms with E-state index in [2.05, 4.69) is 17.5 Å². The van der Waals surface area contributed by atoms with Crippen molar-refractivity contribution in [3.63, 3.8) is 0 Å². The van der Waals surface area contributed by atoms with E-state index in [0.717, 1.165) is 44.9 Å². The molecule has 4 aliphatic carbocycles. The first-order chi connectivity index (χ1) is 15.4. The summed E-state index contributed by atoms with van der Waals surface area (Å²) in [4.78, 5) is 46.9. The molecule has 6 atom stereocenters. The van der Waals surface area contributed by atoms with Crippen molar-refractivity contribution in [1.82, 2.24) is 10.3 Å². The smallest absolute Gasteiger partial charge is 0.340 e. The molecule has 0 radical (unpaired) electrons. The Hall–Kier alpha value is -1.96. The maximum atomic E-state index is 12.5. The first-order valence-electron chi connectivity index (χ1n) is 11.7. The van der Waals surface area contributed by atoms with Crippen molar-refractivity contribution in [2.45, 2.75) is 64.4 Å². The molecule has 0 aromatic carbocycles. The maximum absolute atomic E-state index is 12.5. The van der Waals surface area contributed by atoms with Crippen molar-refractivity contribution in [1.29, 1.82) is 0 Å². The van der Waals surface area contributed by atoms with Crippen LogP contribution < -0.4 is 5.32 Å². The number of ketones is 1.